The Labute approximate surface area is 160 Å². The third-order valence-corrected chi connectivity index (χ3v) is 5.19. The number of carbonyl (C=O) groups excluding carboxylic acids is 3. The summed E-state index contributed by atoms with van der Waals surface area (Å²) < 4.78 is 10.00. The van der Waals surface area contributed by atoms with Gasteiger partial charge >= 0.3 is 11.9 Å². The fourth-order valence-electron chi connectivity index (χ4n) is 3.80. The third-order valence-electron chi connectivity index (χ3n) is 5.19. The average Bonchev–Trinajstić information content (AvgIpc) is 3.07. The van der Waals surface area contributed by atoms with Crippen LogP contribution in [0.5, 0.6) is 0 Å². The first-order chi connectivity index (χ1) is 12.8. The minimum absolute atomic E-state index is 0.0278. The number of hydrogen-bond acceptors (Lipinski definition) is 6. The first-order valence-electron chi connectivity index (χ1n) is 9.36. The number of esters is 2. The predicted molar refractivity (Wildman–Crippen MR) is 101 cm³/mol. The molecule has 3 atom stereocenters. The molecule has 6 nitrogen and oxygen atoms in total. The summed E-state index contributed by atoms with van der Waals surface area (Å²) in [6.45, 7) is 5.68. The molecule has 1 aromatic rings. The van der Waals surface area contributed by atoms with Crippen molar-refractivity contribution in [2.75, 3.05) is 13.7 Å². The summed E-state index contributed by atoms with van der Waals surface area (Å²) in [7, 11) is 1.27. The number of ketones is 1. The fraction of sp³-hybridized carbons (Fsp3) is 0.571. The van der Waals surface area contributed by atoms with Crippen LogP contribution >= 0.6 is 0 Å². The number of aryl methyl sites for hydroxylation is 1. The smallest absolute Gasteiger partial charge is 0.312 e. The predicted octanol–water partition coefficient (Wildman–Crippen LogP) is 2.36. The van der Waals surface area contributed by atoms with E-state index < -0.39 is 29.5 Å². The van der Waals surface area contributed by atoms with Gasteiger partial charge in [0.2, 0.25) is 0 Å². The highest BCUT2D eigenvalue weighted by atomic mass is 16.6. The number of carbonyl (C=O) groups is 3. The summed E-state index contributed by atoms with van der Waals surface area (Å²) in [6, 6.07) is 8.10. The molecule has 6 heteroatoms. The summed E-state index contributed by atoms with van der Waals surface area (Å²) in [6.07, 6.45) is 1.44. The molecule has 27 heavy (non-hydrogen) atoms. The van der Waals surface area contributed by atoms with Gasteiger partial charge in [-0.25, -0.2) is 0 Å². The van der Waals surface area contributed by atoms with Gasteiger partial charge in [0.1, 0.15) is 12.0 Å². The Hall–Kier alpha value is -2.21. The number of ether oxygens (including phenoxy) is 2. The molecule has 1 aromatic carbocycles. The number of rotatable bonds is 8. The van der Waals surface area contributed by atoms with Crippen molar-refractivity contribution in [3.8, 4) is 0 Å². The van der Waals surface area contributed by atoms with Gasteiger partial charge in [0.15, 0.2) is 5.78 Å². The van der Waals surface area contributed by atoms with Gasteiger partial charge in [0.25, 0.3) is 0 Å². The fourth-order valence-corrected chi connectivity index (χ4v) is 3.80. The Morgan fingerprint density at radius 2 is 2.04 bits per heavy atom. The summed E-state index contributed by atoms with van der Waals surface area (Å²) in [5.74, 6) is -1.89. The number of nitrogens with one attached hydrogen (secondary N) is 1. The van der Waals surface area contributed by atoms with Gasteiger partial charge < -0.3 is 14.8 Å². The summed E-state index contributed by atoms with van der Waals surface area (Å²) in [5, 5.41) is 3.37. The number of Topliss-reactive ketones (excluding diaryl/α,β-unsaturated/α-hetero) is 1. The molecule has 0 aromatic heterocycles. The SMILES string of the molecule is COC(=O)[C@@H](CC(=O)C1(Cc2cccc(C)c2)CCCN1)[C@@H](C)OC(C)=O. The van der Waals surface area contributed by atoms with Crippen LogP contribution in [0.4, 0.5) is 0 Å². The Balaban J connectivity index is 2.21. The van der Waals surface area contributed by atoms with Crippen molar-refractivity contribution in [3.05, 3.63) is 35.4 Å². The van der Waals surface area contributed by atoms with Gasteiger partial charge in [-0.1, -0.05) is 29.8 Å². The molecule has 1 saturated heterocycles. The Morgan fingerprint density at radius 3 is 2.59 bits per heavy atom. The zero-order valence-electron chi connectivity index (χ0n) is 16.5. The Bertz CT molecular complexity index is 694. The van der Waals surface area contributed by atoms with E-state index in [0.29, 0.717) is 6.42 Å². The first kappa shape index (κ1) is 21.1. The van der Waals surface area contributed by atoms with E-state index in [0.717, 1.165) is 30.5 Å². The van der Waals surface area contributed by atoms with Gasteiger partial charge in [-0.05, 0) is 45.2 Å². The lowest BCUT2D eigenvalue weighted by atomic mass is 9.80. The van der Waals surface area contributed by atoms with Gasteiger partial charge in [-0.3, -0.25) is 14.4 Å². The molecule has 0 aliphatic carbocycles. The number of hydrogen-bond donors (Lipinski definition) is 1. The summed E-state index contributed by atoms with van der Waals surface area (Å²) >= 11 is 0. The van der Waals surface area contributed by atoms with Crippen LogP contribution in [-0.4, -0.2) is 43.0 Å². The Kier molecular flexibility index (Phi) is 7.13. The molecular formula is C21H29NO5. The Morgan fingerprint density at radius 1 is 1.30 bits per heavy atom. The van der Waals surface area contributed by atoms with Crippen molar-refractivity contribution < 1.29 is 23.9 Å². The molecule has 0 spiro atoms. The van der Waals surface area contributed by atoms with Crippen LogP contribution in [0.2, 0.25) is 0 Å². The van der Waals surface area contributed by atoms with Crippen molar-refractivity contribution in [1.82, 2.24) is 5.32 Å². The molecule has 1 heterocycles. The molecule has 1 unspecified atom stereocenters. The van der Waals surface area contributed by atoms with Crippen LogP contribution in [0.25, 0.3) is 0 Å². The van der Waals surface area contributed by atoms with Crippen LogP contribution in [-0.2, 0) is 30.3 Å². The second-order valence-electron chi connectivity index (χ2n) is 7.35. The van der Waals surface area contributed by atoms with Crippen molar-refractivity contribution in [3.63, 3.8) is 0 Å². The van der Waals surface area contributed by atoms with Gasteiger partial charge in [0, 0.05) is 13.3 Å². The van der Waals surface area contributed by atoms with E-state index in [2.05, 4.69) is 11.4 Å². The lowest BCUT2D eigenvalue weighted by molar-refractivity contribution is -0.160. The van der Waals surface area contributed by atoms with E-state index >= 15 is 0 Å². The first-order valence-corrected chi connectivity index (χ1v) is 9.36. The van der Waals surface area contributed by atoms with Crippen molar-refractivity contribution in [2.24, 2.45) is 5.92 Å². The van der Waals surface area contributed by atoms with Crippen LogP contribution in [0, 0.1) is 12.8 Å². The molecule has 1 N–H and O–H groups in total. The molecule has 1 aliphatic heterocycles. The maximum absolute atomic E-state index is 13.3. The largest absolute Gasteiger partial charge is 0.469 e. The van der Waals surface area contributed by atoms with Gasteiger partial charge in [-0.15, -0.1) is 0 Å². The van der Waals surface area contributed by atoms with Crippen molar-refractivity contribution in [2.45, 2.75) is 58.1 Å². The molecule has 0 saturated carbocycles. The molecule has 0 radical (unpaired) electrons. The van der Waals surface area contributed by atoms with E-state index in [-0.39, 0.29) is 12.2 Å². The van der Waals surface area contributed by atoms with E-state index in [4.69, 9.17) is 9.47 Å². The van der Waals surface area contributed by atoms with Gasteiger partial charge in [0.05, 0.1) is 12.6 Å². The average molecular weight is 375 g/mol. The van der Waals surface area contributed by atoms with Crippen LogP contribution in [0.1, 0.15) is 44.2 Å². The molecule has 1 aliphatic rings. The molecule has 1 fully saturated rings. The standard InChI is InChI=1S/C21H29NO5/c1-14-7-5-8-17(11-14)13-21(9-6-10-22-21)19(24)12-18(20(25)26-4)15(2)27-16(3)23/h5,7-8,11,15,18,22H,6,9-10,12-13H2,1-4H3/t15-,18+,21?/m1/s1. The lowest BCUT2D eigenvalue weighted by Gasteiger charge is -2.31. The van der Waals surface area contributed by atoms with Crippen LogP contribution in [0.15, 0.2) is 24.3 Å². The van der Waals surface area contributed by atoms with E-state index in [1.54, 1.807) is 6.92 Å². The number of methoxy groups -OCH3 is 1. The highest BCUT2D eigenvalue weighted by Gasteiger charge is 2.43. The highest BCUT2D eigenvalue weighted by molar-refractivity contribution is 5.92. The zero-order valence-corrected chi connectivity index (χ0v) is 16.5. The minimum Gasteiger partial charge on any atom is -0.469 e. The maximum atomic E-state index is 13.3. The minimum atomic E-state index is -0.816. The normalized spacial score (nSPS) is 21.3. The van der Waals surface area contributed by atoms with Gasteiger partial charge in [-0.2, -0.15) is 0 Å². The number of benzene rings is 1. The van der Waals surface area contributed by atoms with E-state index in [1.807, 2.05) is 25.1 Å². The summed E-state index contributed by atoms with van der Waals surface area (Å²) in [5.41, 5.74) is 1.53. The van der Waals surface area contributed by atoms with Crippen molar-refractivity contribution >= 4 is 17.7 Å². The zero-order chi connectivity index (χ0) is 20.0. The second-order valence-corrected chi connectivity index (χ2v) is 7.35. The third kappa shape index (κ3) is 5.39. The quantitative estimate of drug-likeness (QED) is 0.703. The molecule has 148 valence electrons. The molecule has 0 bridgehead atoms. The second kappa shape index (κ2) is 9.13. The van der Waals surface area contributed by atoms with E-state index in [1.165, 1.54) is 14.0 Å². The van der Waals surface area contributed by atoms with Crippen molar-refractivity contribution in [1.29, 1.82) is 0 Å². The van der Waals surface area contributed by atoms with Crippen LogP contribution in [0.3, 0.4) is 0 Å². The molecular weight excluding hydrogens is 346 g/mol. The monoisotopic (exact) mass is 375 g/mol. The highest BCUT2D eigenvalue weighted by Crippen LogP contribution is 2.29. The maximum Gasteiger partial charge on any atom is 0.312 e. The summed E-state index contributed by atoms with van der Waals surface area (Å²) in [4.78, 5) is 36.7. The topological polar surface area (TPSA) is 81.7 Å². The molecule has 0 amide bonds. The van der Waals surface area contributed by atoms with Crippen LogP contribution < -0.4 is 5.32 Å². The molecule has 2 rings (SSSR count). The van der Waals surface area contributed by atoms with E-state index in [9.17, 15) is 14.4 Å². The lowest BCUT2D eigenvalue weighted by Crippen LogP contribution is -2.51.